The molecule has 1 atom stereocenters. The summed E-state index contributed by atoms with van der Waals surface area (Å²) in [5, 5.41) is 9.03. The van der Waals surface area contributed by atoms with Crippen LogP contribution < -0.4 is 9.47 Å². The van der Waals surface area contributed by atoms with E-state index in [0.29, 0.717) is 30.3 Å². The van der Waals surface area contributed by atoms with Crippen LogP contribution in [0.4, 0.5) is 0 Å². The first-order valence-electron chi connectivity index (χ1n) is 5.41. The summed E-state index contributed by atoms with van der Waals surface area (Å²) in [5.41, 5.74) is 0.696. The van der Waals surface area contributed by atoms with Crippen molar-refractivity contribution >= 4 is 21.9 Å². The van der Waals surface area contributed by atoms with Crippen LogP contribution in [0, 0.1) is 0 Å². The van der Waals surface area contributed by atoms with E-state index in [1.807, 2.05) is 0 Å². The van der Waals surface area contributed by atoms with Crippen molar-refractivity contribution in [2.24, 2.45) is 0 Å². The Balaban J connectivity index is 2.42. The molecule has 1 aliphatic rings. The van der Waals surface area contributed by atoms with Crippen LogP contribution in [-0.2, 0) is 4.79 Å². The monoisotopic (exact) mass is 300 g/mol. The summed E-state index contributed by atoms with van der Waals surface area (Å²) in [6.07, 6.45) is 0.829. The van der Waals surface area contributed by atoms with Crippen LogP contribution in [0.1, 0.15) is 24.8 Å². The Morgan fingerprint density at radius 1 is 1.35 bits per heavy atom. The van der Waals surface area contributed by atoms with Crippen LogP contribution in [0.15, 0.2) is 16.6 Å². The molecular formula is C12H13BrO4. The van der Waals surface area contributed by atoms with Crippen molar-refractivity contribution in [1.29, 1.82) is 0 Å². The highest BCUT2D eigenvalue weighted by Gasteiger charge is 2.21. The van der Waals surface area contributed by atoms with Gasteiger partial charge in [0.25, 0.3) is 0 Å². The second-order valence-electron chi connectivity index (χ2n) is 3.93. The first-order chi connectivity index (χ1) is 8.09. The van der Waals surface area contributed by atoms with Gasteiger partial charge in [0.1, 0.15) is 0 Å². The molecule has 0 amide bonds. The second-order valence-corrected chi connectivity index (χ2v) is 4.79. The molecule has 0 saturated heterocycles. The van der Waals surface area contributed by atoms with E-state index >= 15 is 0 Å². The van der Waals surface area contributed by atoms with Crippen molar-refractivity contribution in [3.63, 3.8) is 0 Å². The predicted octanol–water partition coefficient (Wildman–Crippen LogP) is 2.80. The molecule has 0 radical (unpaired) electrons. The molecule has 1 N–H and O–H groups in total. The van der Waals surface area contributed by atoms with Crippen molar-refractivity contribution in [1.82, 2.24) is 0 Å². The highest BCUT2D eigenvalue weighted by Crippen LogP contribution is 2.38. The Kier molecular flexibility index (Phi) is 3.57. The zero-order chi connectivity index (χ0) is 12.4. The van der Waals surface area contributed by atoms with E-state index in [1.54, 1.807) is 19.1 Å². The third-order valence-corrected chi connectivity index (χ3v) is 3.39. The van der Waals surface area contributed by atoms with Gasteiger partial charge in [-0.15, -0.1) is 0 Å². The van der Waals surface area contributed by atoms with Crippen LogP contribution >= 0.6 is 15.9 Å². The maximum atomic E-state index is 11.0. The Morgan fingerprint density at radius 2 is 1.94 bits per heavy atom. The SMILES string of the molecule is CC(C(=O)O)c1cc2c(cc1Br)OCCCO2. The number of carboxylic acid groups (broad SMARTS) is 1. The average Bonchev–Trinajstić information content (AvgIpc) is 2.51. The summed E-state index contributed by atoms with van der Waals surface area (Å²) in [4.78, 5) is 11.0. The van der Waals surface area contributed by atoms with Gasteiger partial charge in [0.05, 0.1) is 19.1 Å². The molecule has 0 aliphatic carbocycles. The standard InChI is InChI=1S/C12H13BrO4/c1-7(12(14)15)8-5-10-11(6-9(8)13)17-4-2-3-16-10/h5-7H,2-4H2,1H3,(H,14,15). The fraction of sp³-hybridized carbons (Fsp3) is 0.417. The van der Waals surface area contributed by atoms with Gasteiger partial charge in [-0.2, -0.15) is 0 Å². The lowest BCUT2D eigenvalue weighted by Crippen LogP contribution is -2.08. The summed E-state index contributed by atoms with van der Waals surface area (Å²) in [5.74, 6) is -0.161. The number of benzene rings is 1. The molecule has 1 aliphatic heterocycles. The molecule has 0 saturated carbocycles. The van der Waals surface area contributed by atoms with Crippen molar-refractivity contribution in [3.8, 4) is 11.5 Å². The molecule has 0 bridgehead atoms. The maximum absolute atomic E-state index is 11.0. The quantitative estimate of drug-likeness (QED) is 0.912. The fourth-order valence-corrected chi connectivity index (χ4v) is 2.33. The van der Waals surface area contributed by atoms with E-state index < -0.39 is 11.9 Å². The molecular weight excluding hydrogens is 288 g/mol. The number of halogens is 1. The molecule has 0 aromatic heterocycles. The van der Waals surface area contributed by atoms with Crippen molar-refractivity contribution in [3.05, 3.63) is 22.2 Å². The van der Waals surface area contributed by atoms with Gasteiger partial charge in [0.2, 0.25) is 0 Å². The summed E-state index contributed by atoms with van der Waals surface area (Å²) < 4.78 is 11.8. The highest BCUT2D eigenvalue weighted by molar-refractivity contribution is 9.10. The van der Waals surface area contributed by atoms with E-state index in [4.69, 9.17) is 14.6 Å². The van der Waals surface area contributed by atoms with Crippen molar-refractivity contribution in [2.45, 2.75) is 19.3 Å². The maximum Gasteiger partial charge on any atom is 0.310 e. The van der Waals surface area contributed by atoms with Gasteiger partial charge >= 0.3 is 5.97 Å². The van der Waals surface area contributed by atoms with E-state index in [0.717, 1.165) is 10.9 Å². The van der Waals surface area contributed by atoms with Gasteiger partial charge in [-0.1, -0.05) is 15.9 Å². The molecule has 1 heterocycles. The Labute approximate surface area is 108 Å². The minimum atomic E-state index is -0.861. The number of aliphatic carboxylic acids is 1. The predicted molar refractivity (Wildman–Crippen MR) is 65.8 cm³/mol. The lowest BCUT2D eigenvalue weighted by atomic mass is 10.0. The number of ether oxygens (including phenoxy) is 2. The summed E-state index contributed by atoms with van der Waals surface area (Å²) in [7, 11) is 0. The molecule has 2 rings (SSSR count). The van der Waals surface area contributed by atoms with Gasteiger partial charge in [0, 0.05) is 10.9 Å². The van der Waals surface area contributed by atoms with E-state index in [2.05, 4.69) is 15.9 Å². The molecule has 0 fully saturated rings. The summed E-state index contributed by atoms with van der Waals surface area (Å²) >= 11 is 3.37. The first kappa shape index (κ1) is 12.2. The number of carbonyl (C=O) groups is 1. The average molecular weight is 301 g/mol. The second kappa shape index (κ2) is 4.96. The van der Waals surface area contributed by atoms with Gasteiger partial charge < -0.3 is 14.6 Å². The minimum Gasteiger partial charge on any atom is -0.490 e. The van der Waals surface area contributed by atoms with Crippen LogP contribution in [0.2, 0.25) is 0 Å². The fourth-order valence-electron chi connectivity index (χ4n) is 1.66. The third kappa shape index (κ3) is 2.54. The minimum absolute atomic E-state index is 0.582. The number of fused-ring (bicyclic) bond motifs is 1. The smallest absolute Gasteiger partial charge is 0.310 e. The number of carboxylic acids is 1. The van der Waals surface area contributed by atoms with Crippen LogP contribution in [-0.4, -0.2) is 24.3 Å². The van der Waals surface area contributed by atoms with E-state index in [-0.39, 0.29) is 0 Å². The Hall–Kier alpha value is -1.23. The number of hydrogen-bond donors (Lipinski definition) is 1. The van der Waals surface area contributed by atoms with Gasteiger partial charge in [-0.3, -0.25) is 4.79 Å². The highest BCUT2D eigenvalue weighted by atomic mass is 79.9. The molecule has 5 heteroatoms. The normalized spacial score (nSPS) is 16.1. The molecule has 92 valence electrons. The van der Waals surface area contributed by atoms with Gasteiger partial charge in [0.15, 0.2) is 11.5 Å². The van der Waals surface area contributed by atoms with E-state index in [9.17, 15) is 4.79 Å². The lowest BCUT2D eigenvalue weighted by Gasteiger charge is -2.14. The molecule has 1 aromatic rings. The molecule has 1 aromatic carbocycles. The summed E-state index contributed by atoms with van der Waals surface area (Å²) in [6.45, 7) is 2.86. The van der Waals surface area contributed by atoms with Crippen LogP contribution in [0.5, 0.6) is 11.5 Å². The molecule has 1 unspecified atom stereocenters. The van der Waals surface area contributed by atoms with Crippen LogP contribution in [0.25, 0.3) is 0 Å². The van der Waals surface area contributed by atoms with Gasteiger partial charge in [-0.05, 0) is 24.6 Å². The van der Waals surface area contributed by atoms with Gasteiger partial charge in [-0.25, -0.2) is 0 Å². The van der Waals surface area contributed by atoms with Crippen molar-refractivity contribution in [2.75, 3.05) is 13.2 Å². The molecule has 17 heavy (non-hydrogen) atoms. The van der Waals surface area contributed by atoms with E-state index in [1.165, 1.54) is 0 Å². The third-order valence-electron chi connectivity index (χ3n) is 2.70. The van der Waals surface area contributed by atoms with Crippen molar-refractivity contribution < 1.29 is 19.4 Å². The summed E-state index contributed by atoms with van der Waals surface area (Å²) in [6, 6.07) is 3.51. The zero-order valence-electron chi connectivity index (χ0n) is 9.40. The first-order valence-corrected chi connectivity index (χ1v) is 6.20. The largest absolute Gasteiger partial charge is 0.490 e. The molecule has 0 spiro atoms. The zero-order valence-corrected chi connectivity index (χ0v) is 11.0. The molecule has 4 nitrogen and oxygen atoms in total. The Bertz CT molecular complexity index is 444. The van der Waals surface area contributed by atoms with Crippen LogP contribution in [0.3, 0.4) is 0 Å². The topological polar surface area (TPSA) is 55.8 Å². The number of hydrogen-bond acceptors (Lipinski definition) is 3. The number of rotatable bonds is 2. The Morgan fingerprint density at radius 3 is 2.53 bits per heavy atom. The lowest BCUT2D eigenvalue weighted by molar-refractivity contribution is -0.138.